The number of alkyl halides is 3. The predicted octanol–water partition coefficient (Wildman–Crippen LogP) is 1.22. The summed E-state index contributed by atoms with van der Waals surface area (Å²) >= 11 is 0. The summed E-state index contributed by atoms with van der Waals surface area (Å²) in [6, 6.07) is 0. The Kier molecular flexibility index (Phi) is 3.52. The van der Waals surface area contributed by atoms with Gasteiger partial charge in [-0.3, -0.25) is 9.36 Å². The van der Waals surface area contributed by atoms with Gasteiger partial charge in [-0.05, 0) is 13.8 Å². The minimum atomic E-state index is -4.84. The van der Waals surface area contributed by atoms with Crippen LogP contribution in [0, 0.1) is 13.8 Å². The molecule has 2 aromatic rings. The molecule has 0 bridgehead atoms. The fraction of sp³-hybridized carbons (Fsp3) is 0.417. The zero-order chi connectivity index (χ0) is 15.9. The van der Waals surface area contributed by atoms with Crippen molar-refractivity contribution in [2.24, 2.45) is 7.05 Å². The van der Waals surface area contributed by atoms with E-state index in [1.165, 1.54) is 0 Å². The van der Waals surface area contributed by atoms with Gasteiger partial charge in [-0.2, -0.15) is 13.2 Å². The first kappa shape index (κ1) is 15.1. The molecule has 0 radical (unpaired) electrons. The first-order valence-corrected chi connectivity index (χ1v) is 5.92. The van der Waals surface area contributed by atoms with E-state index in [0.29, 0.717) is 26.8 Å². The minimum Gasteiger partial charge on any atom is -0.444 e. The van der Waals surface area contributed by atoms with Gasteiger partial charge in [0, 0.05) is 13.2 Å². The summed E-state index contributed by atoms with van der Waals surface area (Å²) < 4.78 is 44.7. The average Bonchev–Trinajstić information content (AvgIpc) is 2.67. The van der Waals surface area contributed by atoms with Crippen molar-refractivity contribution in [2.75, 3.05) is 0 Å². The molecule has 9 heteroatoms. The SMILES string of the molecule is Cc1nc(Cn2c(=O)c(C(F)(F)F)cn(C)c2=O)oc1C. The third-order valence-electron chi connectivity index (χ3n) is 3.00. The molecule has 0 N–H and O–H groups in total. The van der Waals surface area contributed by atoms with E-state index in [-0.39, 0.29) is 5.89 Å². The van der Waals surface area contributed by atoms with Gasteiger partial charge in [0.1, 0.15) is 17.9 Å². The Balaban J connectivity index is 2.60. The second-order valence-electron chi connectivity index (χ2n) is 4.57. The molecule has 0 unspecified atom stereocenters. The van der Waals surface area contributed by atoms with Crippen LogP contribution in [0.25, 0.3) is 0 Å². The number of rotatable bonds is 2. The third kappa shape index (κ3) is 2.76. The van der Waals surface area contributed by atoms with Crippen LogP contribution < -0.4 is 11.2 Å². The molecule has 0 aliphatic heterocycles. The van der Waals surface area contributed by atoms with E-state index in [4.69, 9.17) is 4.42 Å². The summed E-state index contributed by atoms with van der Waals surface area (Å²) in [4.78, 5) is 27.7. The van der Waals surface area contributed by atoms with Crippen molar-refractivity contribution in [3.05, 3.63) is 49.9 Å². The molecule has 6 nitrogen and oxygen atoms in total. The molecular weight excluding hydrogens is 291 g/mol. The molecule has 0 aromatic carbocycles. The van der Waals surface area contributed by atoms with Gasteiger partial charge in [-0.1, -0.05) is 0 Å². The normalized spacial score (nSPS) is 11.9. The molecule has 2 aromatic heterocycles. The van der Waals surface area contributed by atoms with Crippen molar-refractivity contribution in [3.63, 3.8) is 0 Å². The maximum Gasteiger partial charge on any atom is 0.423 e. The Morgan fingerprint density at radius 3 is 2.38 bits per heavy atom. The number of aromatic nitrogens is 3. The summed E-state index contributed by atoms with van der Waals surface area (Å²) in [7, 11) is 1.14. The maximum absolute atomic E-state index is 12.8. The van der Waals surface area contributed by atoms with Gasteiger partial charge in [0.2, 0.25) is 5.89 Å². The lowest BCUT2D eigenvalue weighted by Gasteiger charge is -2.11. The lowest BCUT2D eigenvalue weighted by molar-refractivity contribution is -0.139. The highest BCUT2D eigenvalue weighted by atomic mass is 19.4. The Bertz CT molecular complexity index is 779. The van der Waals surface area contributed by atoms with Gasteiger partial charge in [0.15, 0.2) is 0 Å². The van der Waals surface area contributed by atoms with Crippen molar-refractivity contribution in [2.45, 2.75) is 26.6 Å². The zero-order valence-electron chi connectivity index (χ0n) is 11.5. The summed E-state index contributed by atoms with van der Waals surface area (Å²) in [5.74, 6) is 0.477. The van der Waals surface area contributed by atoms with Crippen LogP contribution in [0.3, 0.4) is 0 Å². The first-order valence-electron chi connectivity index (χ1n) is 5.92. The molecule has 0 saturated heterocycles. The number of nitrogens with zero attached hydrogens (tertiary/aromatic N) is 3. The molecule has 0 atom stereocenters. The second-order valence-corrected chi connectivity index (χ2v) is 4.57. The molecule has 2 heterocycles. The molecule has 114 valence electrons. The first-order chi connectivity index (χ1) is 9.61. The van der Waals surface area contributed by atoms with Gasteiger partial charge >= 0.3 is 11.9 Å². The van der Waals surface area contributed by atoms with Crippen LogP contribution in [-0.2, 0) is 19.8 Å². The second kappa shape index (κ2) is 4.90. The molecule has 0 saturated carbocycles. The molecule has 0 fully saturated rings. The van der Waals surface area contributed by atoms with Crippen LogP contribution >= 0.6 is 0 Å². The largest absolute Gasteiger partial charge is 0.444 e. The van der Waals surface area contributed by atoms with Crippen molar-refractivity contribution in [1.29, 1.82) is 0 Å². The highest BCUT2D eigenvalue weighted by Gasteiger charge is 2.36. The van der Waals surface area contributed by atoms with E-state index in [1.54, 1.807) is 13.8 Å². The highest BCUT2D eigenvalue weighted by Crippen LogP contribution is 2.25. The molecule has 2 rings (SSSR count). The smallest absolute Gasteiger partial charge is 0.423 e. The molecule has 0 aliphatic carbocycles. The number of hydrogen-bond donors (Lipinski definition) is 0. The number of hydrogen-bond acceptors (Lipinski definition) is 4. The third-order valence-corrected chi connectivity index (χ3v) is 3.00. The predicted molar refractivity (Wildman–Crippen MR) is 66.0 cm³/mol. The van der Waals surface area contributed by atoms with E-state index in [2.05, 4.69) is 4.98 Å². The molecule has 0 aliphatic rings. The lowest BCUT2D eigenvalue weighted by Crippen LogP contribution is -2.42. The van der Waals surface area contributed by atoms with E-state index in [9.17, 15) is 22.8 Å². The van der Waals surface area contributed by atoms with Crippen LogP contribution in [0.4, 0.5) is 13.2 Å². The van der Waals surface area contributed by atoms with Crippen molar-refractivity contribution in [1.82, 2.24) is 14.1 Å². The van der Waals surface area contributed by atoms with E-state index in [1.807, 2.05) is 0 Å². The topological polar surface area (TPSA) is 70.0 Å². The highest BCUT2D eigenvalue weighted by molar-refractivity contribution is 5.11. The number of aryl methyl sites for hydroxylation is 3. The monoisotopic (exact) mass is 303 g/mol. The Labute approximate surface area is 116 Å². The Hall–Kier alpha value is -2.32. The summed E-state index contributed by atoms with van der Waals surface area (Å²) in [5.41, 5.74) is -3.16. The van der Waals surface area contributed by atoms with E-state index >= 15 is 0 Å². The van der Waals surface area contributed by atoms with Crippen molar-refractivity contribution in [3.8, 4) is 0 Å². The quantitative estimate of drug-likeness (QED) is 0.836. The maximum atomic E-state index is 12.8. The van der Waals surface area contributed by atoms with E-state index in [0.717, 1.165) is 7.05 Å². The lowest BCUT2D eigenvalue weighted by atomic mass is 10.3. The van der Waals surface area contributed by atoms with Crippen LogP contribution in [0.1, 0.15) is 22.9 Å². The summed E-state index contributed by atoms with van der Waals surface area (Å²) in [5, 5.41) is 0. The van der Waals surface area contributed by atoms with Gasteiger partial charge in [0.25, 0.3) is 5.56 Å². The van der Waals surface area contributed by atoms with Crippen molar-refractivity contribution >= 4 is 0 Å². The van der Waals surface area contributed by atoms with Gasteiger partial charge < -0.3 is 8.98 Å². The molecular formula is C12H12F3N3O3. The molecule has 0 amide bonds. The fourth-order valence-corrected chi connectivity index (χ4v) is 1.80. The average molecular weight is 303 g/mol. The van der Waals surface area contributed by atoms with Crippen molar-refractivity contribution < 1.29 is 17.6 Å². The Morgan fingerprint density at radius 2 is 1.90 bits per heavy atom. The minimum absolute atomic E-state index is 0.00326. The fourth-order valence-electron chi connectivity index (χ4n) is 1.80. The van der Waals surface area contributed by atoms with Gasteiger partial charge in [-0.15, -0.1) is 0 Å². The Morgan fingerprint density at radius 1 is 1.29 bits per heavy atom. The molecule has 0 spiro atoms. The van der Waals surface area contributed by atoms with E-state index < -0.39 is 29.5 Å². The van der Waals surface area contributed by atoms with Crippen LogP contribution in [-0.4, -0.2) is 14.1 Å². The van der Waals surface area contributed by atoms with Gasteiger partial charge in [0.05, 0.1) is 5.69 Å². The zero-order valence-corrected chi connectivity index (χ0v) is 11.5. The summed E-state index contributed by atoms with van der Waals surface area (Å²) in [6.07, 6.45) is -4.36. The standard InChI is InChI=1S/C12H12F3N3O3/c1-6-7(2)21-9(16-6)5-18-10(19)8(12(13,14)15)4-17(3)11(18)20/h4H,5H2,1-3H3. The van der Waals surface area contributed by atoms with Crippen LogP contribution in [0.15, 0.2) is 20.2 Å². The van der Waals surface area contributed by atoms with Crippen LogP contribution in [0.5, 0.6) is 0 Å². The van der Waals surface area contributed by atoms with Gasteiger partial charge in [-0.25, -0.2) is 9.78 Å². The number of oxazole rings is 1. The number of halogens is 3. The van der Waals surface area contributed by atoms with Crippen LogP contribution in [0.2, 0.25) is 0 Å². The molecule has 21 heavy (non-hydrogen) atoms. The summed E-state index contributed by atoms with van der Waals surface area (Å²) in [6.45, 7) is 2.82.